The van der Waals surface area contributed by atoms with Crippen molar-refractivity contribution in [2.45, 2.75) is 38.6 Å². The quantitative estimate of drug-likeness (QED) is 0.593. The van der Waals surface area contributed by atoms with Crippen molar-refractivity contribution in [2.24, 2.45) is 0 Å². The standard InChI is InChI=1S/C24H26N2O3S/c1-16-10-11-17(2)22(14-16)19(4)25-24(27)20-13-12-18(3)23(15-20)26-30(28,29)21-8-6-5-7-9-21/h5-15,19,26H,1-4H3,(H,25,27)/t19-/m0/s1. The Labute approximate surface area is 178 Å². The fourth-order valence-corrected chi connectivity index (χ4v) is 4.40. The molecule has 1 atom stereocenters. The van der Waals surface area contributed by atoms with Crippen LogP contribution in [0.2, 0.25) is 0 Å². The topological polar surface area (TPSA) is 75.3 Å². The van der Waals surface area contributed by atoms with Gasteiger partial charge in [0, 0.05) is 5.56 Å². The zero-order valence-corrected chi connectivity index (χ0v) is 18.4. The average molecular weight is 423 g/mol. The molecule has 0 aliphatic carbocycles. The van der Waals surface area contributed by atoms with Crippen LogP contribution in [0.25, 0.3) is 0 Å². The number of hydrogen-bond acceptors (Lipinski definition) is 3. The highest BCUT2D eigenvalue weighted by atomic mass is 32.2. The van der Waals surface area contributed by atoms with Crippen LogP contribution in [0.5, 0.6) is 0 Å². The number of amides is 1. The molecule has 0 aliphatic heterocycles. The molecule has 0 saturated carbocycles. The Morgan fingerprint density at radius 3 is 2.23 bits per heavy atom. The van der Waals surface area contributed by atoms with Crippen molar-refractivity contribution in [1.29, 1.82) is 0 Å². The second-order valence-corrected chi connectivity index (χ2v) is 9.19. The van der Waals surface area contributed by atoms with Crippen molar-refractivity contribution >= 4 is 21.6 Å². The molecule has 3 rings (SSSR count). The summed E-state index contributed by atoms with van der Waals surface area (Å²) in [5.74, 6) is -0.261. The van der Waals surface area contributed by atoms with Gasteiger partial charge < -0.3 is 5.32 Å². The maximum atomic E-state index is 12.8. The summed E-state index contributed by atoms with van der Waals surface area (Å²) in [5.41, 5.74) is 4.79. The molecule has 0 fully saturated rings. The highest BCUT2D eigenvalue weighted by Gasteiger charge is 2.18. The Hall–Kier alpha value is -3.12. The summed E-state index contributed by atoms with van der Waals surface area (Å²) in [4.78, 5) is 13.0. The van der Waals surface area contributed by atoms with E-state index in [2.05, 4.69) is 16.1 Å². The molecule has 3 aromatic carbocycles. The van der Waals surface area contributed by atoms with E-state index >= 15 is 0 Å². The van der Waals surface area contributed by atoms with Gasteiger partial charge in [-0.1, -0.05) is 48.0 Å². The predicted octanol–water partition coefficient (Wildman–Crippen LogP) is 4.90. The van der Waals surface area contributed by atoms with Crippen LogP contribution in [0.4, 0.5) is 5.69 Å². The van der Waals surface area contributed by atoms with E-state index in [1.54, 1.807) is 43.3 Å². The first-order valence-electron chi connectivity index (χ1n) is 9.74. The summed E-state index contributed by atoms with van der Waals surface area (Å²) in [6, 6.07) is 19.1. The first-order chi connectivity index (χ1) is 14.2. The third-order valence-electron chi connectivity index (χ3n) is 5.05. The summed E-state index contributed by atoms with van der Waals surface area (Å²) in [6.45, 7) is 7.76. The molecule has 2 N–H and O–H groups in total. The van der Waals surface area contributed by atoms with Crippen LogP contribution in [-0.2, 0) is 10.0 Å². The second kappa shape index (κ2) is 8.71. The Bertz CT molecular complexity index is 1170. The Kier molecular flexibility index (Phi) is 6.27. The number of nitrogens with one attached hydrogen (secondary N) is 2. The number of aryl methyl sites for hydroxylation is 3. The number of rotatable bonds is 6. The lowest BCUT2D eigenvalue weighted by atomic mass is 9.99. The first-order valence-corrected chi connectivity index (χ1v) is 11.2. The van der Waals surface area contributed by atoms with E-state index in [1.807, 2.05) is 32.9 Å². The third-order valence-corrected chi connectivity index (χ3v) is 6.43. The Balaban J connectivity index is 1.82. The predicted molar refractivity (Wildman–Crippen MR) is 120 cm³/mol. The summed E-state index contributed by atoms with van der Waals surface area (Å²) in [5, 5.41) is 3.01. The largest absolute Gasteiger partial charge is 0.346 e. The molecule has 6 heteroatoms. The molecule has 0 unspecified atom stereocenters. The monoisotopic (exact) mass is 422 g/mol. The normalized spacial score (nSPS) is 12.3. The third kappa shape index (κ3) is 4.89. The molecule has 0 aliphatic rings. The van der Waals surface area contributed by atoms with Gasteiger partial charge in [0.25, 0.3) is 15.9 Å². The number of hydrogen-bond donors (Lipinski definition) is 2. The van der Waals surface area contributed by atoms with E-state index in [1.165, 1.54) is 12.1 Å². The van der Waals surface area contributed by atoms with Crippen LogP contribution in [0, 0.1) is 20.8 Å². The summed E-state index contributed by atoms with van der Waals surface area (Å²) in [6.07, 6.45) is 0. The minimum Gasteiger partial charge on any atom is -0.346 e. The highest BCUT2D eigenvalue weighted by molar-refractivity contribution is 7.92. The molecular weight excluding hydrogens is 396 g/mol. The summed E-state index contributed by atoms with van der Waals surface area (Å²) in [7, 11) is -3.74. The van der Waals surface area contributed by atoms with Gasteiger partial charge in [-0.2, -0.15) is 0 Å². The van der Waals surface area contributed by atoms with Gasteiger partial charge in [-0.25, -0.2) is 8.42 Å². The Morgan fingerprint density at radius 2 is 1.53 bits per heavy atom. The number of benzene rings is 3. The zero-order valence-electron chi connectivity index (χ0n) is 17.6. The lowest BCUT2D eigenvalue weighted by molar-refractivity contribution is 0.0940. The average Bonchev–Trinajstić information content (AvgIpc) is 2.71. The molecule has 1 amide bonds. The van der Waals surface area contributed by atoms with Crippen molar-refractivity contribution in [3.8, 4) is 0 Å². The molecule has 0 heterocycles. The second-order valence-electron chi connectivity index (χ2n) is 7.50. The minimum absolute atomic E-state index is 0.169. The highest BCUT2D eigenvalue weighted by Crippen LogP contribution is 2.23. The van der Waals surface area contributed by atoms with Gasteiger partial charge in [0.15, 0.2) is 0 Å². The molecule has 0 radical (unpaired) electrons. The molecule has 0 saturated heterocycles. The molecule has 0 bridgehead atoms. The van der Waals surface area contributed by atoms with Crippen LogP contribution in [0.3, 0.4) is 0 Å². The number of carbonyl (C=O) groups is 1. The summed E-state index contributed by atoms with van der Waals surface area (Å²) >= 11 is 0. The van der Waals surface area contributed by atoms with Crippen molar-refractivity contribution < 1.29 is 13.2 Å². The molecule has 30 heavy (non-hydrogen) atoms. The van der Waals surface area contributed by atoms with Crippen LogP contribution < -0.4 is 10.0 Å². The number of carbonyl (C=O) groups excluding carboxylic acids is 1. The summed E-state index contributed by atoms with van der Waals surface area (Å²) < 4.78 is 27.9. The first kappa shape index (κ1) is 21.6. The number of sulfonamides is 1. The fraction of sp³-hybridized carbons (Fsp3) is 0.208. The van der Waals surface area contributed by atoms with Gasteiger partial charge in [0.1, 0.15) is 0 Å². The fourth-order valence-electron chi connectivity index (χ4n) is 3.26. The molecule has 156 valence electrons. The van der Waals surface area contributed by atoms with Crippen molar-refractivity contribution in [2.75, 3.05) is 4.72 Å². The SMILES string of the molecule is Cc1ccc(C)c([C@H](C)NC(=O)c2ccc(C)c(NS(=O)(=O)c3ccccc3)c2)c1. The zero-order chi connectivity index (χ0) is 21.9. The van der Waals surface area contributed by atoms with Crippen molar-refractivity contribution in [3.05, 3.63) is 94.5 Å². The lowest BCUT2D eigenvalue weighted by Crippen LogP contribution is -2.27. The van der Waals surface area contributed by atoms with Crippen LogP contribution in [-0.4, -0.2) is 14.3 Å². The van der Waals surface area contributed by atoms with Crippen LogP contribution in [0.15, 0.2) is 71.6 Å². The molecule has 5 nitrogen and oxygen atoms in total. The van der Waals surface area contributed by atoms with E-state index in [4.69, 9.17) is 0 Å². The van der Waals surface area contributed by atoms with Crippen LogP contribution >= 0.6 is 0 Å². The van der Waals surface area contributed by atoms with Gasteiger partial charge in [-0.05, 0) is 68.7 Å². The lowest BCUT2D eigenvalue weighted by Gasteiger charge is -2.18. The van der Waals surface area contributed by atoms with Gasteiger partial charge in [-0.3, -0.25) is 9.52 Å². The Morgan fingerprint density at radius 1 is 0.867 bits per heavy atom. The van der Waals surface area contributed by atoms with Gasteiger partial charge in [-0.15, -0.1) is 0 Å². The van der Waals surface area contributed by atoms with E-state index in [0.29, 0.717) is 11.3 Å². The van der Waals surface area contributed by atoms with E-state index in [-0.39, 0.29) is 16.8 Å². The van der Waals surface area contributed by atoms with Gasteiger partial charge in [0.05, 0.1) is 16.6 Å². The van der Waals surface area contributed by atoms with Crippen LogP contribution in [0.1, 0.15) is 45.6 Å². The van der Waals surface area contributed by atoms with Gasteiger partial charge in [0.2, 0.25) is 0 Å². The van der Waals surface area contributed by atoms with Gasteiger partial charge >= 0.3 is 0 Å². The molecular formula is C24H26N2O3S. The maximum Gasteiger partial charge on any atom is 0.261 e. The van der Waals surface area contributed by atoms with E-state index < -0.39 is 10.0 Å². The van der Waals surface area contributed by atoms with E-state index in [0.717, 1.165) is 22.3 Å². The molecule has 3 aromatic rings. The minimum atomic E-state index is -3.74. The molecule has 0 aromatic heterocycles. The molecule has 0 spiro atoms. The number of anilines is 1. The van der Waals surface area contributed by atoms with Crippen molar-refractivity contribution in [3.63, 3.8) is 0 Å². The van der Waals surface area contributed by atoms with Crippen molar-refractivity contribution in [1.82, 2.24) is 5.32 Å². The smallest absolute Gasteiger partial charge is 0.261 e. The van der Waals surface area contributed by atoms with E-state index in [9.17, 15) is 13.2 Å². The maximum absolute atomic E-state index is 12.8.